The van der Waals surface area contributed by atoms with E-state index in [1.165, 1.54) is 28.4 Å². The van der Waals surface area contributed by atoms with E-state index in [4.69, 9.17) is 16.3 Å². The van der Waals surface area contributed by atoms with E-state index in [-0.39, 0.29) is 35.5 Å². The molecule has 0 saturated carbocycles. The number of fused-ring (bicyclic) bond motifs is 5. The molecule has 6 amide bonds. The van der Waals surface area contributed by atoms with Crippen molar-refractivity contribution in [3.8, 4) is 5.75 Å². The summed E-state index contributed by atoms with van der Waals surface area (Å²) >= 11 is 8.06. The number of halogens is 1. The van der Waals surface area contributed by atoms with Crippen molar-refractivity contribution in [1.82, 2.24) is 30.0 Å². The Hall–Kier alpha value is -6.19. The molecule has 1 atom stereocenters. The lowest BCUT2D eigenvalue weighted by atomic mass is 9.97. The van der Waals surface area contributed by atoms with Gasteiger partial charge in [-0.25, -0.2) is 4.79 Å². The van der Waals surface area contributed by atoms with E-state index >= 15 is 0 Å². The third kappa shape index (κ3) is 7.83. The lowest BCUT2D eigenvalue weighted by molar-refractivity contribution is -0.137. The van der Waals surface area contributed by atoms with E-state index in [0.717, 1.165) is 49.1 Å². The Kier molecular flexibility index (Phi) is 11.0. The fraction of sp³-hybridized carbons (Fsp3) is 0.333. The van der Waals surface area contributed by atoms with E-state index in [9.17, 15) is 28.8 Å². The third-order valence-corrected chi connectivity index (χ3v) is 13.5. The Labute approximate surface area is 360 Å². The Morgan fingerprint density at radius 1 is 0.918 bits per heavy atom. The number of ether oxygens (including phenoxy) is 1. The number of benzene rings is 2. The largest absolute Gasteiger partial charge is 0.415 e. The number of allylic oxidation sites excluding steroid dienone is 1. The zero-order valence-electron chi connectivity index (χ0n) is 33.6. The summed E-state index contributed by atoms with van der Waals surface area (Å²) in [5.41, 5.74) is 6.87. The summed E-state index contributed by atoms with van der Waals surface area (Å²) in [5, 5.41) is 6.94. The first-order valence-corrected chi connectivity index (χ1v) is 22.0. The molecule has 0 spiro atoms. The number of para-hydroxylation sites is 1. The van der Waals surface area contributed by atoms with Gasteiger partial charge in [0.2, 0.25) is 5.91 Å². The minimum atomic E-state index is -0.527. The number of aromatic amines is 2. The van der Waals surface area contributed by atoms with Gasteiger partial charge in [0.15, 0.2) is 5.75 Å². The number of H-pyrrole nitrogens is 2. The van der Waals surface area contributed by atoms with Crippen molar-refractivity contribution in [1.29, 1.82) is 0 Å². The number of rotatable bonds is 11. The number of anilines is 1. The van der Waals surface area contributed by atoms with Crippen LogP contribution in [0.2, 0.25) is 0 Å². The molecule has 1 fully saturated rings. The molecule has 0 radical (unpaired) electrons. The Balaban J connectivity index is 0.854. The van der Waals surface area contributed by atoms with E-state index in [1.54, 1.807) is 20.8 Å². The Bertz CT molecular complexity index is 2640. The molecule has 3 aromatic heterocycles. The molecule has 1 saturated heterocycles. The molecule has 14 nitrogen and oxygen atoms in total. The first kappa shape index (κ1) is 40.2. The minimum Gasteiger partial charge on any atom is -0.409 e. The molecule has 61 heavy (non-hydrogen) atoms. The average Bonchev–Trinajstić information content (AvgIpc) is 4.11. The van der Waals surface area contributed by atoms with Gasteiger partial charge in [0.05, 0.1) is 10.4 Å². The summed E-state index contributed by atoms with van der Waals surface area (Å²) in [7, 11) is 0. The van der Waals surface area contributed by atoms with Crippen molar-refractivity contribution in [3.05, 3.63) is 99.5 Å². The topological polar surface area (TPSA) is 168 Å². The van der Waals surface area contributed by atoms with E-state index < -0.39 is 6.09 Å². The van der Waals surface area contributed by atoms with Gasteiger partial charge in [-0.15, -0.1) is 22.9 Å². The molecule has 16 heteroatoms. The number of aryl methyl sites for hydroxylation is 2. The van der Waals surface area contributed by atoms with E-state index in [2.05, 4.69) is 15.3 Å². The van der Waals surface area contributed by atoms with Crippen LogP contribution in [0.15, 0.2) is 65.7 Å². The van der Waals surface area contributed by atoms with Crippen LogP contribution < -0.4 is 15.0 Å². The molecule has 314 valence electrons. The third-order valence-electron chi connectivity index (χ3n) is 12.0. The summed E-state index contributed by atoms with van der Waals surface area (Å²) in [6.07, 6.45) is 7.46. The van der Waals surface area contributed by atoms with Crippen LogP contribution in [-0.4, -0.2) is 105 Å². The number of carbonyl (C=O) groups is 6. The maximum Gasteiger partial charge on any atom is 0.415 e. The van der Waals surface area contributed by atoms with Crippen molar-refractivity contribution >= 4 is 91.3 Å². The molecular formula is C45H44ClN7O7S. The standard InChI is InChI=1S/C45H44ClN7O7S/c1-26-25-61-42-36(60-45(59)51-17-15-50(16-18-51)37(54)9-3-2-6-14-52-38(55)12-13-39(52)56)22-35-41(40(26)42)29(23-46)24-53(35)44(58)34-21-28-19-30(10-11-32(28)49-34)47-43(57)33-20-27-7-4-5-8-31(27)48-33/h4-5,7-8,12-13,19-22,25,29,48-49H,2-3,6,9-11,14-18,23-24H2,1H3,(H,47,57). The fourth-order valence-corrected chi connectivity index (χ4v) is 10.0. The highest BCUT2D eigenvalue weighted by molar-refractivity contribution is 7.17. The number of carbonyl (C=O) groups excluding carboxylic acids is 6. The van der Waals surface area contributed by atoms with Gasteiger partial charge in [0.25, 0.3) is 23.6 Å². The number of aromatic nitrogens is 2. The van der Waals surface area contributed by atoms with Crippen molar-refractivity contribution < 1.29 is 33.5 Å². The van der Waals surface area contributed by atoms with E-state index in [1.807, 2.05) is 54.8 Å². The molecule has 9 rings (SSSR count). The maximum absolute atomic E-state index is 14.4. The summed E-state index contributed by atoms with van der Waals surface area (Å²) < 4.78 is 6.93. The van der Waals surface area contributed by atoms with Crippen LogP contribution in [0.25, 0.3) is 27.1 Å². The van der Waals surface area contributed by atoms with Crippen LogP contribution in [0.5, 0.6) is 5.75 Å². The molecule has 4 aliphatic rings. The average molecular weight is 862 g/mol. The van der Waals surface area contributed by atoms with Crippen LogP contribution >= 0.6 is 22.9 Å². The molecule has 3 N–H and O–H groups in total. The fourth-order valence-electron chi connectivity index (χ4n) is 8.76. The number of piperazine rings is 1. The second-order valence-corrected chi connectivity index (χ2v) is 17.1. The highest BCUT2D eigenvalue weighted by atomic mass is 35.5. The summed E-state index contributed by atoms with van der Waals surface area (Å²) in [6.45, 7) is 4.08. The van der Waals surface area contributed by atoms with Gasteiger partial charge in [-0.1, -0.05) is 24.6 Å². The molecule has 3 aliphatic heterocycles. The number of nitrogens with zero attached hydrogens (tertiary/aromatic N) is 4. The number of hydrogen-bond donors (Lipinski definition) is 3. The van der Waals surface area contributed by atoms with Crippen LogP contribution in [0.1, 0.15) is 81.4 Å². The summed E-state index contributed by atoms with van der Waals surface area (Å²) in [5.74, 6) is -0.541. The predicted molar refractivity (Wildman–Crippen MR) is 233 cm³/mol. The number of imide groups is 1. The van der Waals surface area contributed by atoms with Crippen LogP contribution in [-0.2, 0) is 20.8 Å². The van der Waals surface area contributed by atoms with Gasteiger partial charge in [0, 0.05) is 103 Å². The molecule has 1 aliphatic carbocycles. The zero-order chi connectivity index (χ0) is 42.4. The first-order chi connectivity index (χ1) is 29.6. The number of nitrogens with one attached hydrogen (secondary N) is 3. The second kappa shape index (κ2) is 16.7. The lowest BCUT2D eigenvalue weighted by Crippen LogP contribution is -2.51. The normalized spacial score (nSPS) is 17.3. The van der Waals surface area contributed by atoms with Crippen molar-refractivity contribution in [2.75, 3.05) is 50.0 Å². The first-order valence-electron chi connectivity index (χ1n) is 20.6. The second-order valence-electron chi connectivity index (χ2n) is 15.9. The Morgan fingerprint density at radius 2 is 1.69 bits per heavy atom. The highest BCUT2D eigenvalue weighted by Crippen LogP contribution is 2.49. The smallest absolute Gasteiger partial charge is 0.409 e. The van der Waals surface area contributed by atoms with Crippen LogP contribution in [0, 0.1) is 6.92 Å². The van der Waals surface area contributed by atoms with Gasteiger partial charge in [0.1, 0.15) is 11.4 Å². The number of hydrogen-bond acceptors (Lipinski definition) is 8. The predicted octanol–water partition coefficient (Wildman–Crippen LogP) is 6.85. The zero-order valence-corrected chi connectivity index (χ0v) is 35.1. The number of amides is 6. The Morgan fingerprint density at radius 3 is 2.46 bits per heavy atom. The van der Waals surface area contributed by atoms with Crippen molar-refractivity contribution in [2.24, 2.45) is 0 Å². The SMILES string of the molecule is Cc1csc2c(OC(=O)N3CCN(C(=O)CCCCCN4C(=O)C=CC4=O)CC3)cc3c(c12)C(CCl)CN3C(=O)c1cc2c([nH]1)CCC(NC(=O)c1cc3ccccc3[nH]1)=C2. The maximum atomic E-state index is 14.4. The number of unbranched alkanes of at least 4 members (excludes halogenated alkanes) is 2. The minimum absolute atomic E-state index is 0.00328. The molecule has 6 heterocycles. The van der Waals surface area contributed by atoms with Gasteiger partial charge < -0.3 is 34.7 Å². The molecule has 2 aromatic carbocycles. The van der Waals surface area contributed by atoms with Crippen molar-refractivity contribution in [2.45, 2.75) is 51.4 Å². The van der Waals surface area contributed by atoms with Crippen molar-refractivity contribution in [3.63, 3.8) is 0 Å². The summed E-state index contributed by atoms with van der Waals surface area (Å²) in [4.78, 5) is 90.5. The van der Waals surface area contributed by atoms with Crippen LogP contribution in [0.3, 0.4) is 0 Å². The van der Waals surface area contributed by atoms with Gasteiger partial charge >= 0.3 is 6.09 Å². The molecule has 5 aromatic rings. The van der Waals surface area contributed by atoms with Gasteiger partial charge in [-0.05, 0) is 79.0 Å². The van der Waals surface area contributed by atoms with Gasteiger partial charge in [-0.2, -0.15) is 0 Å². The quantitative estimate of drug-likeness (QED) is 0.0742. The van der Waals surface area contributed by atoms with E-state index in [0.29, 0.717) is 106 Å². The summed E-state index contributed by atoms with van der Waals surface area (Å²) in [6, 6.07) is 13.2. The lowest BCUT2D eigenvalue weighted by Gasteiger charge is -2.34. The van der Waals surface area contributed by atoms with Crippen LogP contribution in [0.4, 0.5) is 10.5 Å². The molecular weight excluding hydrogens is 818 g/mol. The highest BCUT2D eigenvalue weighted by Gasteiger charge is 2.38. The molecule has 0 bridgehead atoms. The molecule has 1 unspecified atom stereocenters. The number of alkyl halides is 1. The number of thiophene rings is 1. The van der Waals surface area contributed by atoms with Gasteiger partial charge in [-0.3, -0.25) is 28.9 Å². The monoisotopic (exact) mass is 861 g/mol.